The van der Waals surface area contributed by atoms with E-state index in [-0.39, 0.29) is 0 Å². The number of fused-ring (bicyclic) bond motifs is 1. The second kappa shape index (κ2) is 9.08. The lowest BCUT2D eigenvalue weighted by molar-refractivity contribution is 0.122. The van der Waals surface area contributed by atoms with Crippen LogP contribution in [0.3, 0.4) is 0 Å². The molecule has 146 valence electrons. The van der Waals surface area contributed by atoms with Gasteiger partial charge in [0.1, 0.15) is 11.6 Å². The smallest absolute Gasteiger partial charge is 0.131 e. The Kier molecular flexibility index (Phi) is 6.09. The van der Waals surface area contributed by atoms with E-state index < -0.39 is 0 Å². The summed E-state index contributed by atoms with van der Waals surface area (Å²) in [4.78, 5) is 11.4. The molecule has 1 aromatic carbocycles. The molecule has 0 radical (unpaired) electrons. The van der Waals surface area contributed by atoms with Gasteiger partial charge in [-0.15, -0.1) is 0 Å². The number of halogens is 1. The van der Waals surface area contributed by atoms with Gasteiger partial charge in [0.25, 0.3) is 0 Å². The number of hydrogen-bond acceptors (Lipinski definition) is 6. The highest BCUT2D eigenvalue weighted by atomic mass is 35.5. The lowest BCUT2D eigenvalue weighted by atomic mass is 10.2. The Morgan fingerprint density at radius 3 is 2.79 bits per heavy atom. The minimum absolute atomic E-state index is 0.702. The Balaban J connectivity index is 1.27. The van der Waals surface area contributed by atoms with Crippen molar-refractivity contribution in [3.8, 4) is 0 Å². The lowest BCUT2D eigenvalue weighted by Gasteiger charge is -2.28. The number of aromatic nitrogens is 2. The molecule has 0 atom stereocenters. The maximum atomic E-state index is 6.05. The van der Waals surface area contributed by atoms with Gasteiger partial charge in [0.2, 0.25) is 0 Å². The van der Waals surface area contributed by atoms with Gasteiger partial charge in [-0.05, 0) is 42.8 Å². The number of hydrogen-bond donors (Lipinski definition) is 2. The zero-order valence-corrected chi connectivity index (χ0v) is 16.5. The maximum Gasteiger partial charge on any atom is 0.131 e. The Morgan fingerprint density at radius 1 is 1.04 bits per heavy atom. The topological polar surface area (TPSA) is 62.3 Å². The first-order valence-corrected chi connectivity index (χ1v) is 9.99. The second-order valence-electron chi connectivity index (χ2n) is 6.71. The van der Waals surface area contributed by atoms with Gasteiger partial charge in [0.15, 0.2) is 0 Å². The van der Waals surface area contributed by atoms with Crippen LogP contribution in [0.4, 0.5) is 17.3 Å². The average molecular weight is 398 g/mol. The van der Waals surface area contributed by atoms with Gasteiger partial charge < -0.3 is 20.3 Å². The van der Waals surface area contributed by atoms with Gasteiger partial charge in [-0.1, -0.05) is 17.7 Å². The Labute approximate surface area is 169 Å². The molecule has 4 rings (SSSR count). The van der Waals surface area contributed by atoms with Crippen molar-refractivity contribution in [3.63, 3.8) is 0 Å². The fourth-order valence-corrected chi connectivity index (χ4v) is 3.46. The molecule has 0 amide bonds. The van der Waals surface area contributed by atoms with E-state index in [9.17, 15) is 0 Å². The summed E-state index contributed by atoms with van der Waals surface area (Å²) in [6, 6.07) is 13.9. The molecule has 28 heavy (non-hydrogen) atoms. The lowest BCUT2D eigenvalue weighted by Crippen LogP contribution is -2.36. The zero-order chi connectivity index (χ0) is 19.2. The molecule has 1 fully saturated rings. The average Bonchev–Trinajstić information content (AvgIpc) is 2.74. The van der Waals surface area contributed by atoms with Crippen LogP contribution in [-0.2, 0) is 4.74 Å². The van der Waals surface area contributed by atoms with Crippen molar-refractivity contribution in [2.45, 2.75) is 6.42 Å². The van der Waals surface area contributed by atoms with Crippen LogP contribution in [0.5, 0.6) is 0 Å². The van der Waals surface area contributed by atoms with E-state index in [1.807, 2.05) is 36.4 Å². The molecule has 3 aromatic rings. The van der Waals surface area contributed by atoms with Gasteiger partial charge in [0, 0.05) is 48.5 Å². The van der Waals surface area contributed by atoms with Crippen LogP contribution >= 0.6 is 11.6 Å². The van der Waals surface area contributed by atoms with Crippen molar-refractivity contribution in [2.24, 2.45) is 0 Å². The fourth-order valence-electron chi connectivity index (χ4n) is 3.29. The van der Waals surface area contributed by atoms with E-state index in [1.165, 1.54) is 0 Å². The maximum absolute atomic E-state index is 6.05. The number of nitrogens with zero attached hydrogens (tertiary/aromatic N) is 3. The largest absolute Gasteiger partial charge is 0.384 e. The van der Waals surface area contributed by atoms with Crippen LogP contribution in [0.25, 0.3) is 10.9 Å². The first kappa shape index (κ1) is 18.8. The minimum Gasteiger partial charge on any atom is -0.384 e. The highest BCUT2D eigenvalue weighted by molar-refractivity contribution is 6.31. The van der Waals surface area contributed by atoms with Crippen LogP contribution in [0.15, 0.2) is 48.7 Å². The molecule has 2 aromatic heterocycles. The van der Waals surface area contributed by atoms with E-state index in [0.29, 0.717) is 5.02 Å². The molecular formula is C21H24ClN5O. The van der Waals surface area contributed by atoms with Gasteiger partial charge in [-0.3, -0.25) is 4.98 Å². The summed E-state index contributed by atoms with van der Waals surface area (Å²) in [5, 5.41) is 8.69. The number of anilines is 3. The predicted octanol–water partition coefficient (Wildman–Crippen LogP) is 4.03. The molecular weight excluding hydrogens is 374 g/mol. The number of rotatable bonds is 7. The van der Waals surface area contributed by atoms with Gasteiger partial charge >= 0.3 is 0 Å². The number of nitrogens with one attached hydrogen (secondary N) is 2. The molecule has 0 saturated carbocycles. The molecule has 0 spiro atoms. The van der Waals surface area contributed by atoms with E-state index in [1.54, 1.807) is 6.20 Å². The van der Waals surface area contributed by atoms with Gasteiger partial charge in [-0.25, -0.2) is 4.98 Å². The van der Waals surface area contributed by atoms with E-state index in [2.05, 4.69) is 26.6 Å². The SMILES string of the molecule is Clc1ccc2c(NCCCNc3cccc(N4CCOCC4)n3)ccnc2c1. The number of pyridine rings is 2. The molecule has 0 bridgehead atoms. The summed E-state index contributed by atoms with van der Waals surface area (Å²) in [7, 11) is 0. The second-order valence-corrected chi connectivity index (χ2v) is 7.14. The van der Waals surface area contributed by atoms with Gasteiger partial charge in [-0.2, -0.15) is 0 Å². The summed E-state index contributed by atoms with van der Waals surface area (Å²) in [5.41, 5.74) is 1.98. The number of benzene rings is 1. The van der Waals surface area contributed by atoms with Crippen LogP contribution in [-0.4, -0.2) is 49.4 Å². The van der Waals surface area contributed by atoms with Gasteiger partial charge in [0.05, 0.1) is 18.7 Å². The molecule has 1 saturated heterocycles. The van der Waals surface area contributed by atoms with Crippen molar-refractivity contribution in [1.29, 1.82) is 0 Å². The summed E-state index contributed by atoms with van der Waals surface area (Å²) in [6.45, 7) is 5.03. The molecule has 0 aliphatic carbocycles. The van der Waals surface area contributed by atoms with Crippen molar-refractivity contribution < 1.29 is 4.74 Å². The van der Waals surface area contributed by atoms with Crippen LogP contribution in [0, 0.1) is 0 Å². The highest BCUT2D eigenvalue weighted by Crippen LogP contribution is 2.24. The number of morpholine rings is 1. The zero-order valence-electron chi connectivity index (χ0n) is 15.7. The fraction of sp³-hybridized carbons (Fsp3) is 0.333. The standard InChI is InChI=1S/C21H24ClN5O/c22-16-5-6-17-18(7-10-24-19(17)15-16)23-8-2-9-25-20-3-1-4-21(26-20)27-11-13-28-14-12-27/h1,3-7,10,15H,2,8-9,11-14H2,(H,23,24)(H,25,26). The van der Waals surface area contributed by atoms with Crippen LogP contribution in [0.2, 0.25) is 5.02 Å². The first-order chi connectivity index (χ1) is 13.8. The summed E-state index contributed by atoms with van der Waals surface area (Å²) in [6.07, 6.45) is 2.78. The molecule has 3 heterocycles. The summed E-state index contributed by atoms with van der Waals surface area (Å²) in [5.74, 6) is 1.92. The predicted molar refractivity (Wildman–Crippen MR) is 116 cm³/mol. The normalized spacial score (nSPS) is 14.2. The van der Waals surface area contributed by atoms with Crippen molar-refractivity contribution in [2.75, 3.05) is 54.9 Å². The molecule has 2 N–H and O–H groups in total. The summed E-state index contributed by atoms with van der Waals surface area (Å²) < 4.78 is 5.41. The van der Waals surface area contributed by atoms with Crippen molar-refractivity contribution in [3.05, 3.63) is 53.7 Å². The van der Waals surface area contributed by atoms with Crippen molar-refractivity contribution >= 4 is 39.8 Å². The first-order valence-electron chi connectivity index (χ1n) is 9.61. The van der Waals surface area contributed by atoms with Crippen LogP contribution in [0.1, 0.15) is 6.42 Å². The molecule has 1 aliphatic heterocycles. The molecule has 0 unspecified atom stereocenters. The quantitative estimate of drug-likeness (QED) is 0.587. The van der Waals surface area contributed by atoms with E-state index in [0.717, 1.165) is 74.0 Å². The molecule has 6 nitrogen and oxygen atoms in total. The monoisotopic (exact) mass is 397 g/mol. The Bertz CT molecular complexity index is 930. The number of ether oxygens (including phenoxy) is 1. The van der Waals surface area contributed by atoms with E-state index in [4.69, 9.17) is 21.3 Å². The Morgan fingerprint density at radius 2 is 1.89 bits per heavy atom. The third-order valence-corrected chi connectivity index (χ3v) is 4.98. The molecule has 7 heteroatoms. The third kappa shape index (κ3) is 4.64. The third-order valence-electron chi connectivity index (χ3n) is 4.75. The van der Waals surface area contributed by atoms with E-state index >= 15 is 0 Å². The minimum atomic E-state index is 0.702. The van der Waals surface area contributed by atoms with Crippen molar-refractivity contribution in [1.82, 2.24) is 9.97 Å². The summed E-state index contributed by atoms with van der Waals surface area (Å²) >= 11 is 6.05. The van der Waals surface area contributed by atoms with Crippen LogP contribution < -0.4 is 15.5 Å². The molecule has 1 aliphatic rings. The Hall–Kier alpha value is -2.57. The highest BCUT2D eigenvalue weighted by Gasteiger charge is 2.12.